The largest absolute Gasteiger partial charge is 0.509 e. The standard InChI is InChI=1S/C11H12O5/c12-11-15-9-7-5-3-1-2-4(13-3)6(5)8(14-7)10(9)16-11/h3-10H,1-2H2. The first-order chi connectivity index (χ1) is 7.83. The first-order valence-corrected chi connectivity index (χ1v) is 6.01. The zero-order valence-corrected chi connectivity index (χ0v) is 8.57. The van der Waals surface area contributed by atoms with Crippen molar-refractivity contribution in [3.63, 3.8) is 0 Å². The molecule has 86 valence electrons. The molecule has 0 aromatic rings. The Morgan fingerprint density at radius 2 is 1.38 bits per heavy atom. The molecule has 4 bridgehead atoms. The van der Waals surface area contributed by atoms with E-state index >= 15 is 0 Å². The normalized spacial score (nSPS) is 64.4. The monoisotopic (exact) mass is 224 g/mol. The van der Waals surface area contributed by atoms with Crippen LogP contribution < -0.4 is 0 Å². The molecule has 0 aromatic carbocycles. The summed E-state index contributed by atoms with van der Waals surface area (Å²) < 4.78 is 22.3. The molecular weight excluding hydrogens is 212 g/mol. The number of carbonyl (C=O) groups excluding carboxylic acids is 1. The lowest BCUT2D eigenvalue weighted by Gasteiger charge is -2.32. The lowest BCUT2D eigenvalue weighted by molar-refractivity contribution is -0.0317. The van der Waals surface area contributed by atoms with Crippen molar-refractivity contribution in [2.75, 3.05) is 0 Å². The summed E-state index contributed by atoms with van der Waals surface area (Å²) in [6, 6.07) is 0. The highest BCUT2D eigenvalue weighted by Gasteiger charge is 2.72. The number of carbonyl (C=O) groups is 1. The number of rotatable bonds is 0. The number of hydrogen-bond donors (Lipinski definition) is 0. The van der Waals surface area contributed by atoms with Gasteiger partial charge in [-0.25, -0.2) is 4.79 Å². The van der Waals surface area contributed by atoms with Crippen molar-refractivity contribution in [1.82, 2.24) is 0 Å². The summed E-state index contributed by atoms with van der Waals surface area (Å²) in [7, 11) is 0. The third kappa shape index (κ3) is 0.720. The van der Waals surface area contributed by atoms with Crippen LogP contribution in [0.25, 0.3) is 0 Å². The summed E-state index contributed by atoms with van der Waals surface area (Å²) in [5, 5.41) is 0. The van der Waals surface area contributed by atoms with Crippen LogP contribution in [0.15, 0.2) is 0 Å². The molecule has 0 radical (unpaired) electrons. The summed E-state index contributed by atoms with van der Waals surface area (Å²) in [5.74, 6) is 0.860. The fourth-order valence-electron chi connectivity index (χ4n) is 4.46. The molecule has 0 saturated carbocycles. The quantitative estimate of drug-likeness (QED) is 0.560. The molecule has 5 aliphatic rings. The first-order valence-electron chi connectivity index (χ1n) is 6.01. The van der Waals surface area contributed by atoms with Gasteiger partial charge in [-0.3, -0.25) is 0 Å². The van der Waals surface area contributed by atoms with Gasteiger partial charge in [-0.2, -0.15) is 0 Å². The minimum absolute atomic E-state index is 0.0155. The second-order valence-corrected chi connectivity index (χ2v) is 5.43. The van der Waals surface area contributed by atoms with Crippen LogP contribution in [0, 0.1) is 11.8 Å². The molecule has 5 saturated heterocycles. The number of hydrogen-bond acceptors (Lipinski definition) is 5. The van der Waals surface area contributed by atoms with E-state index in [4.69, 9.17) is 18.9 Å². The molecule has 5 heteroatoms. The van der Waals surface area contributed by atoms with E-state index in [0.717, 1.165) is 12.8 Å². The van der Waals surface area contributed by atoms with Gasteiger partial charge in [-0.1, -0.05) is 0 Å². The molecule has 0 amide bonds. The van der Waals surface area contributed by atoms with Crippen LogP contribution in [0.5, 0.6) is 0 Å². The number of ether oxygens (including phenoxy) is 4. The van der Waals surface area contributed by atoms with Gasteiger partial charge < -0.3 is 18.9 Å². The lowest BCUT2D eigenvalue weighted by Crippen LogP contribution is -2.48. The van der Waals surface area contributed by atoms with Crippen LogP contribution in [0.2, 0.25) is 0 Å². The molecule has 0 aliphatic carbocycles. The van der Waals surface area contributed by atoms with Crippen LogP contribution >= 0.6 is 0 Å². The molecule has 5 rings (SSSR count). The molecule has 16 heavy (non-hydrogen) atoms. The molecule has 5 nitrogen and oxygen atoms in total. The van der Waals surface area contributed by atoms with Crippen molar-refractivity contribution in [3.8, 4) is 0 Å². The van der Waals surface area contributed by atoms with Gasteiger partial charge in [0.1, 0.15) is 12.2 Å². The minimum atomic E-state index is -0.526. The SMILES string of the molecule is O=C1OC2C(O1)C1OC2C2C3CCC(O3)C12. The predicted octanol–water partition coefficient (Wildman–Crippen LogP) is 0.465. The average molecular weight is 224 g/mol. The smallest absolute Gasteiger partial charge is 0.424 e. The van der Waals surface area contributed by atoms with Gasteiger partial charge in [-0.15, -0.1) is 0 Å². The Morgan fingerprint density at radius 3 is 1.94 bits per heavy atom. The van der Waals surface area contributed by atoms with E-state index in [1.54, 1.807) is 0 Å². The maximum absolute atomic E-state index is 11.1. The van der Waals surface area contributed by atoms with Crippen molar-refractivity contribution in [2.24, 2.45) is 11.8 Å². The second kappa shape index (κ2) is 2.38. The van der Waals surface area contributed by atoms with E-state index in [-0.39, 0.29) is 24.4 Å². The molecule has 0 N–H and O–H groups in total. The number of fused-ring (bicyclic) bond motifs is 12. The Kier molecular flexibility index (Phi) is 1.24. The zero-order valence-electron chi connectivity index (χ0n) is 8.57. The molecule has 5 fully saturated rings. The fraction of sp³-hybridized carbons (Fsp3) is 0.909. The Balaban J connectivity index is 1.57. The molecule has 8 unspecified atom stereocenters. The minimum Gasteiger partial charge on any atom is -0.424 e. The van der Waals surface area contributed by atoms with E-state index in [0.29, 0.717) is 24.0 Å². The van der Waals surface area contributed by atoms with Gasteiger partial charge in [0, 0.05) is 11.8 Å². The molecule has 8 atom stereocenters. The van der Waals surface area contributed by atoms with Crippen molar-refractivity contribution in [2.45, 2.75) is 49.5 Å². The van der Waals surface area contributed by atoms with Gasteiger partial charge in [0.2, 0.25) is 0 Å². The van der Waals surface area contributed by atoms with Crippen LogP contribution in [0.4, 0.5) is 4.79 Å². The molecule has 0 aromatic heterocycles. The molecular formula is C11H12O5. The van der Waals surface area contributed by atoms with Crippen molar-refractivity contribution in [1.29, 1.82) is 0 Å². The van der Waals surface area contributed by atoms with Gasteiger partial charge in [-0.05, 0) is 12.8 Å². The van der Waals surface area contributed by atoms with E-state index in [9.17, 15) is 4.79 Å². The fourth-order valence-corrected chi connectivity index (χ4v) is 4.46. The maximum atomic E-state index is 11.1. The van der Waals surface area contributed by atoms with Gasteiger partial charge in [0.05, 0.1) is 12.2 Å². The van der Waals surface area contributed by atoms with Crippen molar-refractivity contribution >= 4 is 6.16 Å². The Bertz CT molecular complexity index is 351. The van der Waals surface area contributed by atoms with E-state index in [1.165, 1.54) is 0 Å². The third-order valence-electron chi connectivity index (χ3n) is 4.90. The van der Waals surface area contributed by atoms with Gasteiger partial charge >= 0.3 is 6.16 Å². The summed E-state index contributed by atoms with van der Waals surface area (Å²) in [6.07, 6.45) is 2.05. The first kappa shape index (κ1) is 8.31. The molecule has 0 spiro atoms. The Labute approximate surface area is 92.0 Å². The van der Waals surface area contributed by atoms with Crippen LogP contribution in [0.3, 0.4) is 0 Å². The van der Waals surface area contributed by atoms with Crippen LogP contribution in [-0.4, -0.2) is 42.8 Å². The van der Waals surface area contributed by atoms with E-state index < -0.39 is 6.16 Å². The van der Waals surface area contributed by atoms with Crippen LogP contribution in [0.1, 0.15) is 12.8 Å². The highest BCUT2D eigenvalue weighted by atomic mass is 16.8. The molecule has 5 heterocycles. The van der Waals surface area contributed by atoms with Crippen LogP contribution in [-0.2, 0) is 18.9 Å². The maximum Gasteiger partial charge on any atom is 0.509 e. The Hall–Kier alpha value is -0.810. The highest BCUT2D eigenvalue weighted by molar-refractivity contribution is 5.63. The average Bonchev–Trinajstić information content (AvgIpc) is 2.98. The van der Waals surface area contributed by atoms with E-state index in [2.05, 4.69) is 0 Å². The van der Waals surface area contributed by atoms with Gasteiger partial charge in [0.25, 0.3) is 0 Å². The van der Waals surface area contributed by atoms with E-state index in [1.807, 2.05) is 0 Å². The van der Waals surface area contributed by atoms with Gasteiger partial charge in [0.15, 0.2) is 12.2 Å². The van der Waals surface area contributed by atoms with Crippen molar-refractivity contribution < 1.29 is 23.7 Å². The summed E-state index contributed by atoms with van der Waals surface area (Å²) >= 11 is 0. The predicted molar refractivity (Wildman–Crippen MR) is 48.7 cm³/mol. The summed E-state index contributed by atoms with van der Waals surface area (Å²) in [6.45, 7) is 0. The summed E-state index contributed by atoms with van der Waals surface area (Å²) in [5.41, 5.74) is 0. The highest BCUT2D eigenvalue weighted by Crippen LogP contribution is 2.58. The topological polar surface area (TPSA) is 54.0 Å². The Morgan fingerprint density at radius 1 is 0.812 bits per heavy atom. The summed E-state index contributed by atoms with van der Waals surface area (Å²) in [4.78, 5) is 11.1. The third-order valence-corrected chi connectivity index (χ3v) is 4.90. The zero-order chi connectivity index (χ0) is 10.4. The van der Waals surface area contributed by atoms with Crippen molar-refractivity contribution in [3.05, 3.63) is 0 Å². The lowest BCUT2D eigenvalue weighted by atomic mass is 9.69. The second-order valence-electron chi connectivity index (χ2n) is 5.43. The molecule has 5 aliphatic heterocycles.